The maximum absolute atomic E-state index is 11.3. The van der Waals surface area contributed by atoms with Gasteiger partial charge in [-0.05, 0) is 18.2 Å². The molecule has 2 N–H and O–H groups in total. The number of nitrogens with zero attached hydrogens (tertiary/aromatic N) is 1. The fourth-order valence-electron chi connectivity index (χ4n) is 1.04. The first-order valence-corrected chi connectivity index (χ1v) is 4.36. The fourth-order valence-corrected chi connectivity index (χ4v) is 1.04. The van der Waals surface area contributed by atoms with E-state index in [-0.39, 0.29) is 5.91 Å². The SMILES string of the molecule is O=C(/C=C/c1ccco1)Nc1ccn[nH]1. The van der Waals surface area contributed by atoms with E-state index in [9.17, 15) is 4.79 Å². The van der Waals surface area contributed by atoms with E-state index in [1.54, 1.807) is 36.7 Å². The van der Waals surface area contributed by atoms with E-state index in [0.717, 1.165) is 0 Å². The maximum atomic E-state index is 11.3. The number of carbonyl (C=O) groups excluding carboxylic acids is 1. The van der Waals surface area contributed by atoms with Crippen molar-refractivity contribution in [3.63, 3.8) is 0 Å². The van der Waals surface area contributed by atoms with Gasteiger partial charge in [-0.1, -0.05) is 0 Å². The molecule has 2 aromatic heterocycles. The Morgan fingerprint density at radius 2 is 2.47 bits per heavy atom. The Hall–Kier alpha value is -2.30. The summed E-state index contributed by atoms with van der Waals surface area (Å²) < 4.78 is 5.03. The zero-order chi connectivity index (χ0) is 10.5. The topological polar surface area (TPSA) is 70.9 Å². The van der Waals surface area contributed by atoms with E-state index in [0.29, 0.717) is 11.6 Å². The van der Waals surface area contributed by atoms with E-state index >= 15 is 0 Å². The minimum Gasteiger partial charge on any atom is -0.465 e. The van der Waals surface area contributed by atoms with Gasteiger partial charge >= 0.3 is 0 Å². The Balaban J connectivity index is 1.93. The molecule has 2 aromatic rings. The summed E-state index contributed by atoms with van der Waals surface area (Å²) in [6.07, 6.45) is 6.09. The molecule has 5 nitrogen and oxygen atoms in total. The zero-order valence-electron chi connectivity index (χ0n) is 7.81. The van der Waals surface area contributed by atoms with Gasteiger partial charge in [-0.15, -0.1) is 0 Å². The van der Waals surface area contributed by atoms with Crippen molar-refractivity contribution in [1.82, 2.24) is 10.2 Å². The van der Waals surface area contributed by atoms with Gasteiger partial charge in [0, 0.05) is 12.1 Å². The molecule has 0 aliphatic heterocycles. The van der Waals surface area contributed by atoms with Crippen molar-refractivity contribution >= 4 is 17.8 Å². The first-order valence-electron chi connectivity index (χ1n) is 4.36. The highest BCUT2D eigenvalue weighted by atomic mass is 16.3. The Kier molecular flexibility index (Phi) is 2.64. The van der Waals surface area contributed by atoms with E-state index in [4.69, 9.17) is 4.42 Å². The van der Waals surface area contributed by atoms with Crippen LogP contribution in [0, 0.1) is 0 Å². The van der Waals surface area contributed by atoms with Crippen molar-refractivity contribution in [1.29, 1.82) is 0 Å². The summed E-state index contributed by atoms with van der Waals surface area (Å²) in [5.41, 5.74) is 0. The largest absolute Gasteiger partial charge is 0.465 e. The molecule has 0 saturated carbocycles. The third-order valence-corrected chi connectivity index (χ3v) is 1.70. The highest BCUT2D eigenvalue weighted by Crippen LogP contribution is 2.03. The normalized spacial score (nSPS) is 10.7. The van der Waals surface area contributed by atoms with Gasteiger partial charge in [-0.25, -0.2) is 0 Å². The van der Waals surface area contributed by atoms with E-state index in [2.05, 4.69) is 15.5 Å². The summed E-state index contributed by atoms with van der Waals surface area (Å²) in [4.78, 5) is 11.3. The number of carbonyl (C=O) groups is 1. The number of hydrogen-bond donors (Lipinski definition) is 2. The van der Waals surface area contributed by atoms with Crippen LogP contribution in [0.15, 0.2) is 41.2 Å². The predicted octanol–water partition coefficient (Wildman–Crippen LogP) is 1.65. The number of furan rings is 1. The van der Waals surface area contributed by atoms with Crippen molar-refractivity contribution in [2.75, 3.05) is 5.32 Å². The van der Waals surface area contributed by atoms with Crippen molar-refractivity contribution in [2.45, 2.75) is 0 Å². The van der Waals surface area contributed by atoms with Gasteiger partial charge < -0.3 is 9.73 Å². The van der Waals surface area contributed by atoms with E-state index < -0.39 is 0 Å². The number of anilines is 1. The molecule has 0 unspecified atom stereocenters. The van der Waals surface area contributed by atoms with Gasteiger partial charge in [0.25, 0.3) is 0 Å². The van der Waals surface area contributed by atoms with Crippen molar-refractivity contribution in [2.24, 2.45) is 0 Å². The minimum absolute atomic E-state index is 0.240. The molecule has 2 heterocycles. The van der Waals surface area contributed by atoms with E-state index in [1.807, 2.05) is 0 Å². The molecule has 5 heteroatoms. The fraction of sp³-hybridized carbons (Fsp3) is 0. The maximum Gasteiger partial charge on any atom is 0.249 e. The molecule has 0 radical (unpaired) electrons. The van der Waals surface area contributed by atoms with Crippen LogP contribution in [-0.2, 0) is 4.79 Å². The minimum atomic E-state index is -0.240. The molecule has 2 rings (SSSR count). The Morgan fingerprint density at radius 1 is 1.53 bits per heavy atom. The van der Waals surface area contributed by atoms with Gasteiger partial charge in [-0.3, -0.25) is 9.89 Å². The summed E-state index contributed by atoms with van der Waals surface area (Å²) in [7, 11) is 0. The lowest BCUT2D eigenvalue weighted by Crippen LogP contribution is -2.07. The molecule has 0 aromatic carbocycles. The number of amides is 1. The van der Waals surface area contributed by atoms with Crippen LogP contribution in [0.25, 0.3) is 6.08 Å². The zero-order valence-corrected chi connectivity index (χ0v) is 7.81. The van der Waals surface area contributed by atoms with Crippen LogP contribution in [0.5, 0.6) is 0 Å². The Labute approximate surface area is 85.8 Å². The monoisotopic (exact) mass is 203 g/mol. The number of nitrogens with one attached hydrogen (secondary N) is 2. The lowest BCUT2D eigenvalue weighted by atomic mass is 10.4. The molecule has 0 bridgehead atoms. The van der Waals surface area contributed by atoms with Gasteiger partial charge in [-0.2, -0.15) is 5.10 Å². The number of aromatic amines is 1. The molecule has 0 saturated heterocycles. The van der Waals surface area contributed by atoms with Crippen LogP contribution in [-0.4, -0.2) is 16.1 Å². The molecule has 0 aliphatic rings. The third kappa shape index (κ3) is 2.57. The second-order valence-electron chi connectivity index (χ2n) is 2.81. The van der Waals surface area contributed by atoms with Crippen LogP contribution in [0.3, 0.4) is 0 Å². The van der Waals surface area contributed by atoms with Crippen LogP contribution in [0.2, 0.25) is 0 Å². The molecule has 1 amide bonds. The van der Waals surface area contributed by atoms with Gasteiger partial charge in [0.1, 0.15) is 11.6 Å². The second-order valence-corrected chi connectivity index (χ2v) is 2.81. The molecular weight excluding hydrogens is 194 g/mol. The highest BCUT2D eigenvalue weighted by molar-refractivity contribution is 6.01. The number of H-pyrrole nitrogens is 1. The van der Waals surface area contributed by atoms with Gasteiger partial charge in [0.05, 0.1) is 12.5 Å². The van der Waals surface area contributed by atoms with Crippen molar-refractivity contribution < 1.29 is 9.21 Å². The Morgan fingerprint density at radius 3 is 3.13 bits per heavy atom. The lowest BCUT2D eigenvalue weighted by Gasteiger charge is -1.95. The number of hydrogen-bond acceptors (Lipinski definition) is 3. The van der Waals surface area contributed by atoms with Crippen LogP contribution in [0.1, 0.15) is 5.76 Å². The molecule has 0 fully saturated rings. The summed E-state index contributed by atoms with van der Waals surface area (Å²) in [6, 6.07) is 5.19. The molecule has 76 valence electrons. The second kappa shape index (κ2) is 4.28. The summed E-state index contributed by atoms with van der Waals surface area (Å²) in [5, 5.41) is 8.92. The number of aromatic nitrogens is 2. The summed E-state index contributed by atoms with van der Waals surface area (Å²) in [6.45, 7) is 0. The Bertz CT molecular complexity index is 443. The smallest absolute Gasteiger partial charge is 0.249 e. The molecule has 0 aliphatic carbocycles. The van der Waals surface area contributed by atoms with Crippen molar-refractivity contribution in [3.8, 4) is 0 Å². The first kappa shape index (κ1) is 9.26. The average Bonchev–Trinajstić information content (AvgIpc) is 2.86. The number of rotatable bonds is 3. The lowest BCUT2D eigenvalue weighted by molar-refractivity contribution is -0.111. The summed E-state index contributed by atoms with van der Waals surface area (Å²) >= 11 is 0. The molecule has 15 heavy (non-hydrogen) atoms. The molecule has 0 spiro atoms. The van der Waals surface area contributed by atoms with Crippen LogP contribution in [0.4, 0.5) is 5.82 Å². The van der Waals surface area contributed by atoms with Gasteiger partial charge in [0.15, 0.2) is 0 Å². The standard InChI is InChI=1S/C10H9N3O2/c14-10(12-9-5-6-11-13-9)4-3-8-2-1-7-15-8/h1-7H,(H2,11,12,13,14)/b4-3+. The predicted molar refractivity (Wildman–Crippen MR) is 55.0 cm³/mol. The first-order chi connectivity index (χ1) is 7.34. The summed E-state index contributed by atoms with van der Waals surface area (Å²) in [5.74, 6) is 0.953. The van der Waals surface area contributed by atoms with Crippen LogP contribution >= 0.6 is 0 Å². The third-order valence-electron chi connectivity index (χ3n) is 1.70. The quantitative estimate of drug-likeness (QED) is 0.745. The molecule has 0 atom stereocenters. The van der Waals surface area contributed by atoms with Gasteiger partial charge in [0.2, 0.25) is 5.91 Å². The average molecular weight is 203 g/mol. The van der Waals surface area contributed by atoms with Crippen molar-refractivity contribution in [3.05, 3.63) is 42.5 Å². The van der Waals surface area contributed by atoms with E-state index in [1.165, 1.54) is 6.08 Å². The molecular formula is C10H9N3O2. The highest BCUT2D eigenvalue weighted by Gasteiger charge is 1.98. The van der Waals surface area contributed by atoms with Crippen LogP contribution < -0.4 is 5.32 Å².